The van der Waals surface area contributed by atoms with Crippen molar-refractivity contribution in [3.63, 3.8) is 0 Å². The Hall–Kier alpha value is -4.23. The minimum atomic E-state index is -4.70. The monoisotopic (exact) mass is 502 g/mol. The summed E-state index contributed by atoms with van der Waals surface area (Å²) in [6.07, 6.45) is -2.39. The van der Waals surface area contributed by atoms with E-state index in [1.165, 1.54) is 11.1 Å². The molecule has 1 aliphatic heterocycles. The molecule has 188 valence electrons. The lowest BCUT2D eigenvalue weighted by Gasteiger charge is -2.36. The van der Waals surface area contributed by atoms with Crippen LogP contribution in [0.25, 0.3) is 33.8 Å². The van der Waals surface area contributed by atoms with Crippen LogP contribution in [0.3, 0.4) is 0 Å². The van der Waals surface area contributed by atoms with Gasteiger partial charge in [0.15, 0.2) is 0 Å². The van der Waals surface area contributed by atoms with Gasteiger partial charge < -0.3 is 24.8 Å². The topological polar surface area (TPSA) is 146 Å². The van der Waals surface area contributed by atoms with Crippen LogP contribution in [0.4, 0.5) is 23.9 Å². The number of likely N-dealkylation sites (tertiary alicyclic amines) is 1. The summed E-state index contributed by atoms with van der Waals surface area (Å²) in [7, 11) is 0. The van der Waals surface area contributed by atoms with Crippen LogP contribution in [0.1, 0.15) is 31.2 Å². The van der Waals surface area contributed by atoms with Gasteiger partial charge >= 0.3 is 12.3 Å². The lowest BCUT2D eigenvalue weighted by molar-refractivity contribution is -0.137. The van der Waals surface area contributed by atoms with E-state index >= 15 is 0 Å². The van der Waals surface area contributed by atoms with Gasteiger partial charge in [0.1, 0.15) is 16.9 Å². The molecule has 5 rings (SSSR count). The Balaban J connectivity index is 1.51. The molecule has 1 saturated heterocycles. The summed E-state index contributed by atoms with van der Waals surface area (Å²) in [6, 6.07) is 2.70. The molecule has 4 aromatic heterocycles. The Morgan fingerprint density at radius 2 is 2.06 bits per heavy atom. The van der Waals surface area contributed by atoms with Gasteiger partial charge in [0.2, 0.25) is 17.7 Å². The first kappa shape index (κ1) is 23.5. The molecule has 0 saturated carbocycles. The lowest BCUT2D eigenvalue weighted by Crippen LogP contribution is -2.49. The Morgan fingerprint density at radius 1 is 1.25 bits per heavy atom. The maximum atomic E-state index is 13.9. The number of aromatic amines is 1. The number of nitrogens with zero attached hydrogens (tertiary/aromatic N) is 6. The molecule has 11 nitrogen and oxygen atoms in total. The van der Waals surface area contributed by atoms with Crippen LogP contribution in [0.5, 0.6) is 0 Å². The Kier molecular flexibility index (Phi) is 5.73. The van der Waals surface area contributed by atoms with Crippen molar-refractivity contribution < 1.29 is 27.6 Å². The number of H-pyrrole nitrogens is 1. The van der Waals surface area contributed by atoms with Crippen LogP contribution in [-0.4, -0.2) is 64.8 Å². The molecule has 14 heteroatoms. The standard InChI is InChI=1S/C22H21F3N8O3/c1-10-3-4-12(9-33(10)21(34)35)29-20-27-8-15(22(23,24)25)17(31-20)14-7-26-18-13(14)5-6-16(30-18)19-28-11(2)36-32-19/h5-8,10,12H,3-4,9H2,1-2H3,(H,26,30)(H,34,35)(H,27,29,31)/t10-,12-/m0/s1. The molecule has 0 aromatic carbocycles. The maximum Gasteiger partial charge on any atom is 0.419 e. The van der Waals surface area contributed by atoms with Crippen molar-refractivity contribution in [3.05, 3.63) is 36.0 Å². The average molecular weight is 502 g/mol. The summed E-state index contributed by atoms with van der Waals surface area (Å²) in [6.45, 7) is 3.62. The first-order chi connectivity index (χ1) is 17.1. The Bertz CT molecular complexity index is 1430. The zero-order valence-electron chi connectivity index (χ0n) is 19.2. The highest BCUT2D eigenvalue weighted by Crippen LogP contribution is 2.39. The van der Waals surface area contributed by atoms with Crippen molar-refractivity contribution in [3.8, 4) is 22.8 Å². The summed E-state index contributed by atoms with van der Waals surface area (Å²) in [5.41, 5.74) is -0.421. The molecule has 4 aromatic rings. The number of halogens is 3. The molecule has 0 bridgehead atoms. The van der Waals surface area contributed by atoms with Crippen molar-refractivity contribution in [1.82, 2.24) is 35.0 Å². The van der Waals surface area contributed by atoms with E-state index in [1.54, 1.807) is 19.1 Å². The second kappa shape index (κ2) is 8.77. The lowest BCUT2D eigenvalue weighted by atomic mass is 10.00. The molecule has 0 unspecified atom stereocenters. The van der Waals surface area contributed by atoms with E-state index in [1.807, 2.05) is 6.92 Å². The predicted molar refractivity (Wildman–Crippen MR) is 121 cm³/mol. The van der Waals surface area contributed by atoms with Gasteiger partial charge in [0, 0.05) is 48.9 Å². The number of aryl methyl sites for hydroxylation is 1. The highest BCUT2D eigenvalue weighted by Gasteiger charge is 2.36. The average Bonchev–Trinajstić information content (AvgIpc) is 3.45. The number of piperidine rings is 1. The fourth-order valence-electron chi connectivity index (χ4n) is 4.27. The third-order valence-electron chi connectivity index (χ3n) is 6.11. The van der Waals surface area contributed by atoms with E-state index in [9.17, 15) is 23.1 Å². The molecule has 3 N–H and O–H groups in total. The zero-order valence-corrected chi connectivity index (χ0v) is 19.2. The maximum absolute atomic E-state index is 13.9. The second-order valence-corrected chi connectivity index (χ2v) is 8.59. The van der Waals surface area contributed by atoms with Gasteiger partial charge in [-0.3, -0.25) is 0 Å². The van der Waals surface area contributed by atoms with E-state index in [0.29, 0.717) is 35.5 Å². The van der Waals surface area contributed by atoms with Crippen LogP contribution in [0.2, 0.25) is 0 Å². The number of rotatable bonds is 4. The number of aromatic nitrogens is 6. The summed E-state index contributed by atoms with van der Waals surface area (Å²) >= 11 is 0. The smallest absolute Gasteiger partial charge is 0.419 e. The van der Waals surface area contributed by atoms with Crippen molar-refractivity contribution in [2.75, 3.05) is 11.9 Å². The van der Waals surface area contributed by atoms with E-state index in [0.717, 1.165) is 6.20 Å². The molecule has 1 amide bonds. The largest absolute Gasteiger partial charge is 0.465 e. The predicted octanol–water partition coefficient (Wildman–Crippen LogP) is 4.34. The number of pyridine rings is 1. The minimum Gasteiger partial charge on any atom is -0.465 e. The SMILES string of the molecule is Cc1nc(-c2ccc3c(-c4nc(N[C@H]5CC[C@H](C)N(C(=O)O)C5)ncc4C(F)(F)F)c[nH]c3n2)no1. The number of amides is 1. The minimum absolute atomic E-state index is 0.0240. The molecule has 5 heterocycles. The molecule has 1 fully saturated rings. The van der Waals surface area contributed by atoms with Crippen LogP contribution in [0.15, 0.2) is 29.0 Å². The fraction of sp³-hybridized carbons (Fsp3) is 0.364. The third-order valence-corrected chi connectivity index (χ3v) is 6.11. The summed E-state index contributed by atoms with van der Waals surface area (Å²) in [5, 5.41) is 16.6. The highest BCUT2D eigenvalue weighted by molar-refractivity contribution is 5.94. The third kappa shape index (κ3) is 4.41. The number of carbonyl (C=O) groups is 1. The number of hydrogen-bond donors (Lipinski definition) is 3. The summed E-state index contributed by atoms with van der Waals surface area (Å²) in [5.74, 6) is 0.588. The number of fused-ring (bicyclic) bond motifs is 1. The molecule has 0 radical (unpaired) electrons. The number of anilines is 1. The van der Waals surface area contributed by atoms with Crippen LogP contribution >= 0.6 is 0 Å². The van der Waals surface area contributed by atoms with Crippen molar-refractivity contribution >= 4 is 23.1 Å². The number of nitrogens with one attached hydrogen (secondary N) is 2. The van der Waals surface area contributed by atoms with Gasteiger partial charge in [-0.15, -0.1) is 0 Å². The van der Waals surface area contributed by atoms with E-state index in [4.69, 9.17) is 4.52 Å². The van der Waals surface area contributed by atoms with Crippen LogP contribution in [0, 0.1) is 6.92 Å². The second-order valence-electron chi connectivity index (χ2n) is 8.59. The molecule has 2 atom stereocenters. The number of alkyl halides is 3. The van der Waals surface area contributed by atoms with Gasteiger partial charge in [0.25, 0.3) is 0 Å². The van der Waals surface area contributed by atoms with Crippen LogP contribution in [-0.2, 0) is 6.18 Å². The van der Waals surface area contributed by atoms with E-state index in [-0.39, 0.29) is 41.7 Å². The van der Waals surface area contributed by atoms with Gasteiger partial charge in [0.05, 0.1) is 5.69 Å². The normalized spacial score (nSPS) is 18.5. The van der Waals surface area contributed by atoms with Crippen LogP contribution < -0.4 is 5.32 Å². The van der Waals surface area contributed by atoms with E-state index < -0.39 is 17.8 Å². The quantitative estimate of drug-likeness (QED) is 0.371. The molecular formula is C22H21F3N8O3. The first-order valence-corrected chi connectivity index (χ1v) is 11.1. The summed E-state index contributed by atoms with van der Waals surface area (Å²) < 4.78 is 46.6. The summed E-state index contributed by atoms with van der Waals surface area (Å²) in [4.78, 5) is 32.3. The van der Waals surface area contributed by atoms with E-state index in [2.05, 4.69) is 35.4 Å². The fourth-order valence-corrected chi connectivity index (χ4v) is 4.27. The molecule has 0 aliphatic carbocycles. The van der Waals surface area contributed by atoms with Crippen molar-refractivity contribution in [1.29, 1.82) is 0 Å². The molecular weight excluding hydrogens is 481 g/mol. The van der Waals surface area contributed by atoms with Gasteiger partial charge in [-0.2, -0.15) is 18.2 Å². The van der Waals surface area contributed by atoms with Gasteiger partial charge in [-0.25, -0.2) is 19.7 Å². The van der Waals surface area contributed by atoms with Crippen molar-refractivity contribution in [2.45, 2.75) is 44.9 Å². The number of hydrogen-bond acceptors (Lipinski definition) is 8. The molecule has 0 spiro atoms. The molecule has 1 aliphatic rings. The first-order valence-electron chi connectivity index (χ1n) is 11.1. The van der Waals surface area contributed by atoms with Gasteiger partial charge in [-0.1, -0.05) is 5.16 Å². The van der Waals surface area contributed by atoms with Gasteiger partial charge in [-0.05, 0) is 31.9 Å². The van der Waals surface area contributed by atoms with Crippen molar-refractivity contribution in [2.24, 2.45) is 0 Å². The number of carboxylic acid groups (broad SMARTS) is 1. The highest BCUT2D eigenvalue weighted by atomic mass is 19.4. The Morgan fingerprint density at radius 3 is 2.75 bits per heavy atom. The molecule has 36 heavy (non-hydrogen) atoms. The Labute approximate surface area is 201 Å². The zero-order chi connectivity index (χ0) is 25.6.